The minimum atomic E-state index is -0.350. The highest BCUT2D eigenvalue weighted by molar-refractivity contribution is 5.61. The second-order valence-electron chi connectivity index (χ2n) is 5.85. The number of rotatable bonds is 5. The van der Waals surface area contributed by atoms with Gasteiger partial charge in [0.1, 0.15) is 18.0 Å². The van der Waals surface area contributed by atoms with Gasteiger partial charge in [-0.2, -0.15) is 9.67 Å². The zero-order valence-electron chi connectivity index (χ0n) is 14.5. The van der Waals surface area contributed by atoms with Crippen molar-refractivity contribution < 1.29 is 4.39 Å². The van der Waals surface area contributed by atoms with E-state index in [0.717, 1.165) is 5.69 Å². The van der Waals surface area contributed by atoms with Crippen molar-refractivity contribution in [2.24, 2.45) is 0 Å². The van der Waals surface area contributed by atoms with Crippen LogP contribution in [0.3, 0.4) is 0 Å². The molecule has 2 aromatic heterocycles. The van der Waals surface area contributed by atoms with Crippen molar-refractivity contribution >= 4 is 34.8 Å². The first-order valence-corrected chi connectivity index (χ1v) is 8.27. The van der Waals surface area contributed by atoms with Gasteiger partial charge in [0.05, 0.1) is 0 Å². The molecule has 0 bridgehead atoms. The van der Waals surface area contributed by atoms with Crippen LogP contribution in [0.25, 0.3) is 5.82 Å². The van der Waals surface area contributed by atoms with Gasteiger partial charge in [0.25, 0.3) is 0 Å². The van der Waals surface area contributed by atoms with Gasteiger partial charge in [-0.1, -0.05) is 12.1 Å². The number of nitrogens with two attached hydrogens (primary N) is 2. The van der Waals surface area contributed by atoms with Crippen molar-refractivity contribution in [3.63, 3.8) is 0 Å². The Labute approximate surface area is 159 Å². The summed E-state index contributed by atoms with van der Waals surface area (Å²) in [6.07, 6.45) is 1.35. The van der Waals surface area contributed by atoms with Crippen molar-refractivity contribution in [3.8, 4) is 5.82 Å². The number of nitrogen functional groups attached to an aromatic ring is 2. The fourth-order valence-corrected chi connectivity index (χ4v) is 2.54. The molecule has 6 N–H and O–H groups in total. The molecule has 9 nitrogen and oxygen atoms in total. The number of hydrogen-bond acceptors (Lipinski definition) is 8. The Balaban J connectivity index is 1.58. The van der Waals surface area contributed by atoms with Crippen LogP contribution in [0, 0.1) is 5.82 Å². The molecule has 0 amide bonds. The molecule has 0 radical (unpaired) electrons. The van der Waals surface area contributed by atoms with E-state index in [-0.39, 0.29) is 11.8 Å². The lowest BCUT2D eigenvalue weighted by Crippen LogP contribution is -2.06. The fourth-order valence-electron chi connectivity index (χ4n) is 2.54. The number of nitrogens with zero attached hydrogens (tertiary/aromatic N) is 5. The topological polar surface area (TPSA) is 133 Å². The van der Waals surface area contributed by atoms with Crippen LogP contribution in [0.15, 0.2) is 60.9 Å². The maximum Gasteiger partial charge on any atom is 0.248 e. The molecule has 10 heteroatoms. The van der Waals surface area contributed by atoms with Crippen LogP contribution in [0.4, 0.5) is 39.2 Å². The average molecular weight is 377 g/mol. The van der Waals surface area contributed by atoms with E-state index in [1.54, 1.807) is 30.3 Å². The maximum absolute atomic E-state index is 13.3. The van der Waals surface area contributed by atoms with Crippen LogP contribution in [0.2, 0.25) is 0 Å². The number of aromatic nitrogens is 5. The van der Waals surface area contributed by atoms with Crippen molar-refractivity contribution in [1.82, 2.24) is 24.7 Å². The maximum atomic E-state index is 13.3. The van der Waals surface area contributed by atoms with E-state index in [4.69, 9.17) is 11.5 Å². The lowest BCUT2D eigenvalue weighted by molar-refractivity contribution is 0.628. The summed E-state index contributed by atoms with van der Waals surface area (Å²) in [4.78, 5) is 12.5. The minimum Gasteiger partial charge on any atom is -0.399 e. The first-order chi connectivity index (χ1) is 13.6. The fraction of sp³-hybridized carbons (Fsp3) is 0. The second kappa shape index (κ2) is 7.19. The predicted molar refractivity (Wildman–Crippen MR) is 105 cm³/mol. The molecule has 0 saturated heterocycles. The van der Waals surface area contributed by atoms with Gasteiger partial charge in [-0.3, -0.25) is 0 Å². The number of nitrogens with one attached hydrogen (secondary N) is 2. The van der Waals surface area contributed by atoms with Crippen molar-refractivity contribution in [2.75, 3.05) is 22.1 Å². The standard InChI is InChI=1S/C18H16FN9/c19-11-3-1-5-13(7-11)24-15-9-16(23-10-22-15)28-17(21)26-18(27-28)25-14-6-2-4-12(20)8-14/h1-10H,20H2,(H,22,23,24)(H3,21,25,26,27). The predicted octanol–water partition coefficient (Wildman–Crippen LogP) is 2.85. The van der Waals surface area contributed by atoms with E-state index in [2.05, 4.69) is 30.7 Å². The zero-order chi connectivity index (χ0) is 19.5. The lowest BCUT2D eigenvalue weighted by atomic mass is 10.3. The van der Waals surface area contributed by atoms with Crippen molar-refractivity contribution in [3.05, 3.63) is 66.7 Å². The summed E-state index contributed by atoms with van der Waals surface area (Å²) in [7, 11) is 0. The molecule has 2 aromatic carbocycles. The van der Waals surface area contributed by atoms with Crippen LogP contribution < -0.4 is 22.1 Å². The molecular formula is C18H16FN9. The van der Waals surface area contributed by atoms with E-state index in [0.29, 0.717) is 29.0 Å². The second-order valence-corrected chi connectivity index (χ2v) is 5.85. The van der Waals surface area contributed by atoms with Crippen LogP contribution in [-0.2, 0) is 0 Å². The molecule has 0 atom stereocenters. The average Bonchev–Trinajstić information content (AvgIpc) is 3.02. The summed E-state index contributed by atoms with van der Waals surface area (Å²) in [6, 6.07) is 14.8. The van der Waals surface area contributed by atoms with E-state index < -0.39 is 0 Å². The Morgan fingerprint density at radius 1 is 0.893 bits per heavy atom. The molecule has 0 aliphatic heterocycles. The van der Waals surface area contributed by atoms with Gasteiger partial charge in [0.15, 0.2) is 5.82 Å². The summed E-state index contributed by atoms with van der Waals surface area (Å²) >= 11 is 0. The summed E-state index contributed by atoms with van der Waals surface area (Å²) in [5.74, 6) is 0.940. The Morgan fingerprint density at radius 3 is 2.46 bits per heavy atom. The Morgan fingerprint density at radius 2 is 1.68 bits per heavy atom. The molecule has 0 aliphatic rings. The molecule has 0 spiro atoms. The van der Waals surface area contributed by atoms with Gasteiger partial charge in [0, 0.05) is 23.1 Å². The molecule has 0 aliphatic carbocycles. The molecule has 28 heavy (non-hydrogen) atoms. The van der Waals surface area contributed by atoms with Gasteiger partial charge < -0.3 is 22.1 Å². The normalized spacial score (nSPS) is 10.6. The third-order valence-electron chi connectivity index (χ3n) is 3.74. The van der Waals surface area contributed by atoms with E-state index >= 15 is 0 Å². The van der Waals surface area contributed by atoms with Gasteiger partial charge in [-0.05, 0) is 36.4 Å². The van der Waals surface area contributed by atoms with Crippen molar-refractivity contribution in [2.45, 2.75) is 0 Å². The molecule has 4 rings (SSSR count). The van der Waals surface area contributed by atoms with Crippen molar-refractivity contribution in [1.29, 1.82) is 0 Å². The summed E-state index contributed by atoms with van der Waals surface area (Å²) in [6.45, 7) is 0. The van der Waals surface area contributed by atoms with Crippen LogP contribution in [0.5, 0.6) is 0 Å². The third-order valence-corrected chi connectivity index (χ3v) is 3.74. The van der Waals surface area contributed by atoms with E-state index in [1.807, 2.05) is 12.1 Å². The van der Waals surface area contributed by atoms with Gasteiger partial charge in [-0.25, -0.2) is 14.4 Å². The van der Waals surface area contributed by atoms with Gasteiger partial charge in [0.2, 0.25) is 11.9 Å². The molecule has 0 fully saturated rings. The minimum absolute atomic E-state index is 0.141. The zero-order valence-corrected chi connectivity index (χ0v) is 14.5. The van der Waals surface area contributed by atoms with Crippen LogP contribution in [0.1, 0.15) is 0 Å². The molecule has 0 unspecified atom stereocenters. The highest BCUT2D eigenvalue weighted by atomic mass is 19.1. The molecule has 140 valence electrons. The quantitative estimate of drug-likeness (QED) is 0.390. The number of hydrogen-bond donors (Lipinski definition) is 4. The molecular weight excluding hydrogens is 361 g/mol. The summed E-state index contributed by atoms with van der Waals surface area (Å²) in [5, 5.41) is 10.4. The summed E-state index contributed by atoms with van der Waals surface area (Å²) in [5.41, 5.74) is 13.6. The summed E-state index contributed by atoms with van der Waals surface area (Å²) < 4.78 is 14.7. The van der Waals surface area contributed by atoms with E-state index in [1.165, 1.54) is 23.1 Å². The first kappa shape index (κ1) is 17.2. The highest BCUT2D eigenvalue weighted by Crippen LogP contribution is 2.20. The van der Waals surface area contributed by atoms with Crippen LogP contribution in [-0.4, -0.2) is 24.7 Å². The highest BCUT2D eigenvalue weighted by Gasteiger charge is 2.11. The largest absolute Gasteiger partial charge is 0.399 e. The SMILES string of the molecule is Nc1cccc(Nc2nc(N)n(-c3cc(Nc4cccc(F)c4)ncn3)n2)c1. The molecule has 0 saturated carbocycles. The Kier molecular flexibility index (Phi) is 4.42. The smallest absolute Gasteiger partial charge is 0.248 e. The number of halogens is 1. The van der Waals surface area contributed by atoms with Gasteiger partial charge >= 0.3 is 0 Å². The Hall–Kier alpha value is -4.21. The number of benzene rings is 2. The lowest BCUT2D eigenvalue weighted by Gasteiger charge is -2.07. The first-order valence-electron chi connectivity index (χ1n) is 8.27. The van der Waals surface area contributed by atoms with Crippen LogP contribution >= 0.6 is 0 Å². The third kappa shape index (κ3) is 3.80. The van der Waals surface area contributed by atoms with E-state index in [9.17, 15) is 4.39 Å². The monoisotopic (exact) mass is 377 g/mol. The van der Waals surface area contributed by atoms with Gasteiger partial charge in [-0.15, -0.1) is 5.10 Å². The number of anilines is 6. The Bertz CT molecular complexity index is 1130. The molecule has 4 aromatic rings. The molecule has 2 heterocycles.